The summed E-state index contributed by atoms with van der Waals surface area (Å²) in [5.74, 6) is -2.27. The Kier molecular flexibility index (Phi) is 5.14. The van der Waals surface area contributed by atoms with Crippen molar-refractivity contribution in [1.29, 1.82) is 0 Å². The lowest BCUT2D eigenvalue weighted by atomic mass is 10.1. The third-order valence-electron chi connectivity index (χ3n) is 5.15. The van der Waals surface area contributed by atoms with Crippen molar-refractivity contribution in [3.8, 4) is 0 Å². The Morgan fingerprint density at radius 1 is 1.26 bits per heavy atom. The third-order valence-corrected chi connectivity index (χ3v) is 5.15. The number of benzene rings is 1. The molecule has 0 radical (unpaired) electrons. The van der Waals surface area contributed by atoms with Crippen LogP contribution in [0, 0.1) is 5.82 Å². The van der Waals surface area contributed by atoms with Crippen LogP contribution in [0.25, 0.3) is 11.0 Å². The number of nitrogens with zero attached hydrogens (tertiary/aromatic N) is 2. The van der Waals surface area contributed by atoms with E-state index in [1.807, 2.05) is 6.92 Å². The molecule has 2 amide bonds. The molecular formula is C21H20FN5O4. The number of primary amides is 1. The summed E-state index contributed by atoms with van der Waals surface area (Å²) in [6.07, 6.45) is 2.44. The number of halogens is 1. The number of aryl methyl sites for hydroxylation is 1. The minimum atomic E-state index is -0.973. The first-order chi connectivity index (χ1) is 14.8. The smallest absolute Gasteiger partial charge is 0.329 e. The van der Waals surface area contributed by atoms with Crippen LogP contribution < -0.4 is 22.3 Å². The van der Waals surface area contributed by atoms with Gasteiger partial charge in [-0.25, -0.2) is 14.2 Å². The van der Waals surface area contributed by atoms with Gasteiger partial charge in [-0.15, -0.1) is 0 Å². The monoisotopic (exact) mass is 425 g/mol. The van der Waals surface area contributed by atoms with E-state index in [1.54, 1.807) is 6.07 Å². The van der Waals surface area contributed by atoms with Crippen LogP contribution in [0.5, 0.6) is 0 Å². The number of fused-ring (bicyclic) bond motifs is 1. The van der Waals surface area contributed by atoms with Crippen molar-refractivity contribution in [2.24, 2.45) is 5.73 Å². The van der Waals surface area contributed by atoms with Gasteiger partial charge in [-0.1, -0.05) is 6.92 Å². The molecule has 4 N–H and O–H groups in total. The number of aromatic nitrogens is 3. The van der Waals surface area contributed by atoms with E-state index in [9.17, 15) is 23.6 Å². The Bertz CT molecular complexity index is 1340. The van der Waals surface area contributed by atoms with Gasteiger partial charge in [0.25, 0.3) is 17.4 Å². The van der Waals surface area contributed by atoms with Gasteiger partial charge in [0.05, 0.1) is 16.5 Å². The van der Waals surface area contributed by atoms with Crippen LogP contribution in [-0.4, -0.2) is 26.3 Å². The van der Waals surface area contributed by atoms with Crippen molar-refractivity contribution >= 4 is 28.5 Å². The molecule has 0 spiro atoms. The molecule has 0 saturated heterocycles. The van der Waals surface area contributed by atoms with Crippen LogP contribution in [0.3, 0.4) is 0 Å². The predicted molar refractivity (Wildman–Crippen MR) is 112 cm³/mol. The van der Waals surface area contributed by atoms with E-state index in [1.165, 1.54) is 10.6 Å². The second-order valence-electron chi connectivity index (χ2n) is 7.49. The lowest BCUT2D eigenvalue weighted by Crippen LogP contribution is -2.32. The van der Waals surface area contributed by atoms with Crippen LogP contribution in [0.15, 0.2) is 33.9 Å². The van der Waals surface area contributed by atoms with Crippen LogP contribution in [0.4, 0.5) is 10.1 Å². The minimum absolute atomic E-state index is 0.00723. The fraction of sp³-hybridized carbons (Fsp3) is 0.286. The first kappa shape index (κ1) is 20.5. The molecular weight excluding hydrogens is 405 g/mol. The van der Waals surface area contributed by atoms with E-state index in [-0.39, 0.29) is 33.8 Å². The second-order valence-corrected chi connectivity index (χ2v) is 7.49. The van der Waals surface area contributed by atoms with Gasteiger partial charge >= 0.3 is 5.69 Å². The molecule has 4 rings (SSSR count). The number of aromatic amines is 1. The molecule has 31 heavy (non-hydrogen) atoms. The number of nitrogens with one attached hydrogen (secondary N) is 2. The molecule has 160 valence electrons. The maximum atomic E-state index is 13.7. The summed E-state index contributed by atoms with van der Waals surface area (Å²) >= 11 is 0. The zero-order chi connectivity index (χ0) is 22.3. The van der Waals surface area contributed by atoms with Crippen molar-refractivity contribution in [2.75, 3.05) is 5.32 Å². The number of rotatable bonds is 6. The molecule has 1 fully saturated rings. The number of pyridine rings is 1. The van der Waals surface area contributed by atoms with Crippen molar-refractivity contribution in [3.05, 3.63) is 67.7 Å². The topological polar surface area (TPSA) is 140 Å². The average Bonchev–Trinajstić information content (AvgIpc) is 3.56. The molecule has 2 heterocycles. The van der Waals surface area contributed by atoms with Crippen LogP contribution in [0.1, 0.15) is 58.5 Å². The van der Waals surface area contributed by atoms with Gasteiger partial charge in [-0.05, 0) is 43.5 Å². The minimum Gasteiger partial charge on any atom is -0.366 e. The molecule has 2 aromatic heterocycles. The summed E-state index contributed by atoms with van der Waals surface area (Å²) in [4.78, 5) is 56.2. The summed E-state index contributed by atoms with van der Waals surface area (Å²) in [5.41, 5.74) is 4.45. The number of carbonyl (C=O) groups excluding carboxylic acids is 2. The van der Waals surface area contributed by atoms with Crippen LogP contribution in [-0.2, 0) is 6.54 Å². The van der Waals surface area contributed by atoms with E-state index in [0.29, 0.717) is 18.7 Å². The Labute approximate surface area is 175 Å². The largest absolute Gasteiger partial charge is 0.366 e. The van der Waals surface area contributed by atoms with Gasteiger partial charge in [-0.3, -0.25) is 23.9 Å². The van der Waals surface area contributed by atoms with Crippen molar-refractivity contribution < 1.29 is 14.0 Å². The molecule has 0 bridgehead atoms. The van der Waals surface area contributed by atoms with Gasteiger partial charge < -0.3 is 11.1 Å². The Morgan fingerprint density at radius 2 is 2.00 bits per heavy atom. The lowest BCUT2D eigenvalue weighted by molar-refractivity contribution is 0.0992. The SMILES string of the molecule is CCCn1c(=O)[nH]c(=O)c2c(C(=O)Nc3ccc(F)c(C(N)=O)c3)cc(C3CC3)nc21. The first-order valence-corrected chi connectivity index (χ1v) is 9.88. The number of H-pyrrole nitrogens is 1. The van der Waals surface area contributed by atoms with Gasteiger partial charge in [0, 0.05) is 23.8 Å². The highest BCUT2D eigenvalue weighted by Gasteiger charge is 2.28. The van der Waals surface area contributed by atoms with Crippen molar-refractivity contribution in [1.82, 2.24) is 14.5 Å². The fourth-order valence-electron chi connectivity index (χ4n) is 3.48. The molecule has 3 aromatic rings. The molecule has 1 aliphatic rings. The highest BCUT2D eigenvalue weighted by atomic mass is 19.1. The second kappa shape index (κ2) is 7.78. The number of hydrogen-bond donors (Lipinski definition) is 3. The van der Waals surface area contributed by atoms with E-state index in [2.05, 4.69) is 15.3 Å². The Balaban J connectivity index is 1.86. The zero-order valence-electron chi connectivity index (χ0n) is 16.7. The molecule has 0 unspecified atom stereocenters. The summed E-state index contributed by atoms with van der Waals surface area (Å²) in [5, 5.41) is 2.56. The van der Waals surface area contributed by atoms with Crippen molar-refractivity contribution in [2.45, 2.75) is 38.6 Å². The number of nitrogens with two attached hydrogens (primary N) is 1. The standard InChI is InChI=1S/C21H20FN5O4/c1-2-7-27-18-16(20(30)26-21(27)31)13(9-15(25-18)10-3-4-10)19(29)24-11-5-6-14(22)12(8-11)17(23)28/h5-6,8-10H,2-4,7H2,1H3,(H2,23,28)(H,24,29)(H,26,30,31). The molecule has 1 saturated carbocycles. The Hall–Kier alpha value is -3.82. The van der Waals surface area contributed by atoms with Gasteiger partial charge in [0.2, 0.25) is 0 Å². The molecule has 0 atom stereocenters. The predicted octanol–water partition coefficient (Wildman–Crippen LogP) is 1.86. The summed E-state index contributed by atoms with van der Waals surface area (Å²) < 4.78 is 15.1. The average molecular weight is 425 g/mol. The number of amides is 2. The maximum absolute atomic E-state index is 13.7. The van der Waals surface area contributed by atoms with E-state index in [0.717, 1.165) is 25.0 Å². The third kappa shape index (κ3) is 3.83. The Morgan fingerprint density at radius 3 is 2.65 bits per heavy atom. The summed E-state index contributed by atoms with van der Waals surface area (Å²) in [6.45, 7) is 2.21. The van der Waals surface area contributed by atoms with Crippen LogP contribution in [0.2, 0.25) is 0 Å². The molecule has 9 nitrogen and oxygen atoms in total. The normalized spacial score (nSPS) is 13.4. The highest BCUT2D eigenvalue weighted by Crippen LogP contribution is 2.40. The highest BCUT2D eigenvalue weighted by molar-refractivity contribution is 6.12. The first-order valence-electron chi connectivity index (χ1n) is 9.88. The maximum Gasteiger partial charge on any atom is 0.329 e. The van der Waals surface area contributed by atoms with E-state index < -0.39 is 28.9 Å². The quantitative estimate of drug-likeness (QED) is 0.553. The van der Waals surface area contributed by atoms with E-state index >= 15 is 0 Å². The molecule has 1 aliphatic carbocycles. The lowest BCUT2D eigenvalue weighted by Gasteiger charge is -2.13. The summed E-state index contributed by atoms with van der Waals surface area (Å²) in [7, 11) is 0. The van der Waals surface area contributed by atoms with E-state index in [4.69, 9.17) is 5.73 Å². The fourth-order valence-corrected chi connectivity index (χ4v) is 3.48. The molecule has 0 aliphatic heterocycles. The zero-order valence-corrected chi connectivity index (χ0v) is 16.7. The van der Waals surface area contributed by atoms with Gasteiger partial charge in [0.15, 0.2) is 5.65 Å². The van der Waals surface area contributed by atoms with Crippen LogP contribution >= 0.6 is 0 Å². The molecule has 1 aromatic carbocycles. The van der Waals surface area contributed by atoms with Crippen molar-refractivity contribution in [3.63, 3.8) is 0 Å². The van der Waals surface area contributed by atoms with Gasteiger partial charge in [0.1, 0.15) is 5.82 Å². The number of anilines is 1. The summed E-state index contributed by atoms with van der Waals surface area (Å²) in [6, 6.07) is 4.96. The van der Waals surface area contributed by atoms with Gasteiger partial charge in [-0.2, -0.15) is 0 Å². The molecule has 10 heteroatoms. The number of hydrogen-bond acceptors (Lipinski definition) is 5. The number of carbonyl (C=O) groups is 2.